The van der Waals surface area contributed by atoms with E-state index in [1.807, 2.05) is 6.92 Å². The molecule has 0 spiro atoms. The minimum Gasteiger partial charge on any atom is -0.497 e. The zero-order valence-electron chi connectivity index (χ0n) is 14.4. The number of nitrogens with zero attached hydrogens (tertiary/aromatic N) is 1. The van der Waals surface area contributed by atoms with Crippen molar-refractivity contribution in [2.75, 3.05) is 32.6 Å². The monoisotopic (exact) mass is 335 g/mol. The molecule has 0 aliphatic carbocycles. The third-order valence-electron chi connectivity index (χ3n) is 4.52. The highest BCUT2D eigenvalue weighted by Gasteiger charge is 2.29. The fourth-order valence-electron chi connectivity index (χ4n) is 2.89. The third-order valence-corrected chi connectivity index (χ3v) is 4.52. The normalized spacial score (nSPS) is 17.1. The quantitative estimate of drug-likeness (QED) is 0.815. The molecular formula is C17H25N3O4. The zero-order valence-corrected chi connectivity index (χ0v) is 14.4. The fraction of sp³-hybridized carbons (Fsp3) is 0.529. The number of nitrogens with one attached hydrogen (secondary N) is 1. The number of carbonyl (C=O) groups excluding carboxylic acids is 2. The van der Waals surface area contributed by atoms with Crippen LogP contribution in [0.3, 0.4) is 0 Å². The lowest BCUT2D eigenvalue weighted by atomic mass is 9.95. The number of hydrogen-bond acceptors (Lipinski definition) is 5. The highest BCUT2D eigenvalue weighted by molar-refractivity contribution is 5.96. The van der Waals surface area contributed by atoms with Gasteiger partial charge in [0.25, 0.3) is 0 Å². The van der Waals surface area contributed by atoms with E-state index >= 15 is 0 Å². The first-order valence-corrected chi connectivity index (χ1v) is 8.02. The van der Waals surface area contributed by atoms with Crippen LogP contribution in [-0.2, 0) is 9.59 Å². The predicted molar refractivity (Wildman–Crippen MR) is 91.1 cm³/mol. The molecule has 2 amide bonds. The Kier molecular flexibility index (Phi) is 6.03. The Morgan fingerprint density at radius 1 is 1.25 bits per heavy atom. The second kappa shape index (κ2) is 8.01. The van der Waals surface area contributed by atoms with Gasteiger partial charge in [0.05, 0.1) is 25.9 Å². The molecule has 0 saturated carbocycles. The van der Waals surface area contributed by atoms with Crippen LogP contribution in [0, 0.1) is 5.92 Å². The van der Waals surface area contributed by atoms with Crippen molar-refractivity contribution in [2.45, 2.75) is 25.8 Å². The van der Waals surface area contributed by atoms with Gasteiger partial charge in [-0.25, -0.2) is 0 Å². The van der Waals surface area contributed by atoms with E-state index in [2.05, 4.69) is 10.2 Å². The smallest absolute Gasteiger partial charge is 0.241 e. The van der Waals surface area contributed by atoms with Gasteiger partial charge in [-0.2, -0.15) is 0 Å². The van der Waals surface area contributed by atoms with Crippen molar-refractivity contribution in [1.82, 2.24) is 4.90 Å². The summed E-state index contributed by atoms with van der Waals surface area (Å²) in [5.74, 6) is 0.742. The minimum absolute atomic E-state index is 0.0880. The molecule has 24 heavy (non-hydrogen) atoms. The summed E-state index contributed by atoms with van der Waals surface area (Å²) in [6, 6.07) is 4.93. The number of carbonyl (C=O) groups is 2. The van der Waals surface area contributed by atoms with Gasteiger partial charge in [0.1, 0.15) is 11.5 Å². The van der Waals surface area contributed by atoms with E-state index in [0.29, 0.717) is 43.1 Å². The van der Waals surface area contributed by atoms with Crippen molar-refractivity contribution in [3.63, 3.8) is 0 Å². The molecule has 0 bridgehead atoms. The van der Waals surface area contributed by atoms with Gasteiger partial charge in [0, 0.05) is 12.0 Å². The molecule has 1 aliphatic heterocycles. The van der Waals surface area contributed by atoms with Crippen molar-refractivity contribution >= 4 is 17.5 Å². The van der Waals surface area contributed by atoms with E-state index in [1.54, 1.807) is 32.4 Å². The van der Waals surface area contributed by atoms with Crippen LogP contribution >= 0.6 is 0 Å². The average molecular weight is 335 g/mol. The average Bonchev–Trinajstić information content (AvgIpc) is 2.60. The Hall–Kier alpha value is -2.28. The number of rotatable bonds is 6. The van der Waals surface area contributed by atoms with Crippen molar-refractivity contribution in [1.29, 1.82) is 0 Å². The number of benzene rings is 1. The highest BCUT2D eigenvalue weighted by Crippen LogP contribution is 2.29. The first kappa shape index (κ1) is 18.1. The molecule has 7 nitrogen and oxygen atoms in total. The number of hydrogen-bond donors (Lipinski definition) is 2. The van der Waals surface area contributed by atoms with E-state index in [0.717, 1.165) is 0 Å². The maximum Gasteiger partial charge on any atom is 0.241 e. The Morgan fingerprint density at radius 2 is 1.92 bits per heavy atom. The summed E-state index contributed by atoms with van der Waals surface area (Å²) in [5.41, 5.74) is 5.92. The molecule has 1 atom stereocenters. The Balaban J connectivity index is 2.01. The molecule has 3 N–H and O–H groups in total. The largest absolute Gasteiger partial charge is 0.497 e. The number of primary amides is 1. The van der Waals surface area contributed by atoms with Gasteiger partial charge in [-0.05, 0) is 45.0 Å². The second-order valence-corrected chi connectivity index (χ2v) is 5.94. The molecule has 2 rings (SSSR count). The molecule has 1 aliphatic rings. The van der Waals surface area contributed by atoms with Crippen LogP contribution in [0.2, 0.25) is 0 Å². The Morgan fingerprint density at radius 3 is 2.46 bits per heavy atom. The van der Waals surface area contributed by atoms with Gasteiger partial charge in [0.2, 0.25) is 11.8 Å². The lowest BCUT2D eigenvalue weighted by Gasteiger charge is -2.34. The topological polar surface area (TPSA) is 93.9 Å². The van der Waals surface area contributed by atoms with E-state index in [4.69, 9.17) is 15.2 Å². The summed E-state index contributed by atoms with van der Waals surface area (Å²) >= 11 is 0. The number of amides is 2. The van der Waals surface area contributed by atoms with Gasteiger partial charge < -0.3 is 20.5 Å². The molecule has 132 valence electrons. The van der Waals surface area contributed by atoms with Gasteiger partial charge >= 0.3 is 0 Å². The van der Waals surface area contributed by atoms with Crippen molar-refractivity contribution < 1.29 is 19.1 Å². The van der Waals surface area contributed by atoms with Crippen molar-refractivity contribution in [3.05, 3.63) is 18.2 Å². The van der Waals surface area contributed by atoms with E-state index < -0.39 is 0 Å². The third kappa shape index (κ3) is 4.17. The van der Waals surface area contributed by atoms with E-state index in [9.17, 15) is 9.59 Å². The van der Waals surface area contributed by atoms with E-state index in [1.165, 1.54) is 0 Å². The lowest BCUT2D eigenvalue weighted by molar-refractivity contribution is -0.124. The van der Waals surface area contributed by atoms with Crippen LogP contribution in [0.4, 0.5) is 5.69 Å². The molecular weight excluding hydrogens is 310 g/mol. The van der Waals surface area contributed by atoms with Crippen LogP contribution in [0.25, 0.3) is 0 Å². The van der Waals surface area contributed by atoms with Crippen LogP contribution in [0.15, 0.2) is 18.2 Å². The summed E-state index contributed by atoms with van der Waals surface area (Å²) in [6.07, 6.45) is 1.38. The number of likely N-dealkylation sites (tertiary alicyclic amines) is 1. The number of piperidine rings is 1. The zero-order chi connectivity index (χ0) is 17.7. The number of nitrogens with two attached hydrogens (primary N) is 1. The molecule has 7 heteroatoms. The van der Waals surface area contributed by atoms with Gasteiger partial charge in [-0.15, -0.1) is 0 Å². The molecule has 1 heterocycles. The molecule has 1 aromatic rings. The second-order valence-electron chi connectivity index (χ2n) is 5.94. The summed E-state index contributed by atoms with van der Waals surface area (Å²) < 4.78 is 10.5. The van der Waals surface area contributed by atoms with E-state index in [-0.39, 0.29) is 23.8 Å². The SMILES string of the molecule is COc1ccc(OC)c(NC(=O)[C@@H](C)N2CCC(C(N)=O)CC2)c1. The highest BCUT2D eigenvalue weighted by atomic mass is 16.5. The summed E-state index contributed by atoms with van der Waals surface area (Å²) in [4.78, 5) is 25.8. The molecule has 1 saturated heterocycles. The predicted octanol–water partition coefficient (Wildman–Crippen LogP) is 1.23. The lowest BCUT2D eigenvalue weighted by Crippen LogP contribution is -2.47. The molecule has 1 aromatic carbocycles. The molecule has 0 unspecified atom stereocenters. The Labute approximate surface area is 142 Å². The van der Waals surface area contributed by atoms with Crippen LogP contribution in [-0.4, -0.2) is 50.1 Å². The van der Waals surface area contributed by atoms with Crippen LogP contribution in [0.5, 0.6) is 11.5 Å². The Bertz CT molecular complexity index is 597. The number of methoxy groups -OCH3 is 2. The van der Waals surface area contributed by atoms with Crippen LogP contribution < -0.4 is 20.5 Å². The fourth-order valence-corrected chi connectivity index (χ4v) is 2.89. The van der Waals surface area contributed by atoms with Crippen molar-refractivity contribution in [2.24, 2.45) is 11.7 Å². The summed E-state index contributed by atoms with van der Waals surface area (Å²) in [5, 5.41) is 2.89. The maximum absolute atomic E-state index is 12.6. The maximum atomic E-state index is 12.6. The minimum atomic E-state index is -0.310. The van der Waals surface area contributed by atoms with Gasteiger partial charge in [-0.1, -0.05) is 0 Å². The van der Waals surface area contributed by atoms with Gasteiger partial charge in [-0.3, -0.25) is 14.5 Å². The standard InChI is InChI=1S/C17H25N3O4/c1-11(20-8-6-12(7-9-20)16(18)21)17(22)19-14-10-13(23-2)4-5-15(14)24-3/h4-5,10-12H,6-9H2,1-3H3,(H2,18,21)(H,19,22)/t11-/m1/s1. The van der Waals surface area contributed by atoms with Crippen LogP contribution in [0.1, 0.15) is 19.8 Å². The first-order chi connectivity index (χ1) is 11.5. The molecule has 1 fully saturated rings. The van der Waals surface area contributed by atoms with Crippen molar-refractivity contribution in [3.8, 4) is 11.5 Å². The summed E-state index contributed by atoms with van der Waals surface area (Å²) in [6.45, 7) is 3.21. The first-order valence-electron chi connectivity index (χ1n) is 8.02. The summed E-state index contributed by atoms with van der Waals surface area (Å²) in [7, 11) is 3.12. The number of ether oxygens (including phenoxy) is 2. The molecule has 0 radical (unpaired) electrons. The van der Waals surface area contributed by atoms with Gasteiger partial charge in [0.15, 0.2) is 0 Å². The molecule has 0 aromatic heterocycles. The number of anilines is 1.